The molecule has 4 aromatic carbocycles. The molecule has 17 rings (SSSR count). The van der Waals surface area contributed by atoms with E-state index in [1.165, 1.54) is 96.1 Å². The molecule has 6 radical (unpaired) electrons. The first-order valence-corrected chi connectivity index (χ1v) is 45.4. The van der Waals surface area contributed by atoms with Crippen LogP contribution in [0.3, 0.4) is 0 Å². The molecule has 4 aromatic rings. The summed E-state index contributed by atoms with van der Waals surface area (Å²) in [5, 5.41) is 9.84. The van der Waals surface area contributed by atoms with Crippen LogP contribution in [-0.2, 0) is 12.8 Å². The first-order chi connectivity index (χ1) is 33.1. The Morgan fingerprint density at radius 3 is 1.96 bits per heavy atom. The number of benzene rings is 4. The van der Waals surface area contributed by atoms with Gasteiger partial charge in [-0.2, -0.15) is 0 Å². The van der Waals surface area contributed by atoms with Crippen molar-refractivity contribution in [2.75, 3.05) is 11.5 Å². The van der Waals surface area contributed by atoms with Crippen molar-refractivity contribution in [2.24, 2.45) is 29.6 Å². The van der Waals surface area contributed by atoms with Gasteiger partial charge in [-0.05, 0) is 0 Å². The molecule has 13 aliphatic rings. The van der Waals surface area contributed by atoms with Crippen LogP contribution in [0, 0.1) is 205 Å². The molecule has 0 spiro atoms. The minimum atomic E-state index is -0.450. The standard InChI is InChI=1S/C22H14S2.C18H14S4.C16H16.6CH3.3Sm.3Sn/c1-11-9-17-15-8-7-14-13-5-3-4-6-16(13)21-20(19(14)15)22(24-23-21)18(17)10-12(11)2;1-7-8(2)16-15-13-10(7)6-21-5-9-3-4-11-14(12(9)17(13)21)18(15)22(19-11)20-16;1-9-10(2)14-8-6-12-4-3-11-5-7-13(9)15(11)16(12)14;;;;;;;;;;;;/h5-6,9-10H,7-8H2,1-2H3;9,12,15-16H,5-6H2,1-2H3;11,15H,5-8H2,1-2H3;6*1H3;;;;;;/q3*-1;;;;3*-1;;;;;;. The molecule has 0 bridgehead atoms. The van der Waals surface area contributed by atoms with Crippen molar-refractivity contribution in [1.82, 2.24) is 0 Å². The predicted octanol–water partition coefficient (Wildman–Crippen LogP) is 16.5. The molecule has 5 heterocycles. The number of hydrogen-bond donors (Lipinski definition) is 0. The molecule has 0 nitrogen and oxygen atoms in total. The molecule has 0 amide bonds. The fourth-order valence-electron chi connectivity index (χ4n) is 14.9. The van der Waals surface area contributed by atoms with E-state index in [0.29, 0.717) is 19.0 Å². The third kappa shape index (κ3) is 8.87. The van der Waals surface area contributed by atoms with Crippen LogP contribution in [0.2, 0.25) is 14.8 Å². The van der Waals surface area contributed by atoms with Gasteiger partial charge in [0.2, 0.25) is 0 Å². The predicted molar refractivity (Wildman–Crippen MR) is 328 cm³/mol. The van der Waals surface area contributed by atoms with E-state index in [-0.39, 0.29) is 165 Å². The zero-order valence-electron chi connectivity index (χ0n) is 44.6. The van der Waals surface area contributed by atoms with Crippen LogP contribution in [0.5, 0.6) is 0 Å². The molecule has 12 heteroatoms. The molecule has 8 atom stereocenters. The third-order valence-electron chi connectivity index (χ3n) is 18.4. The van der Waals surface area contributed by atoms with Gasteiger partial charge in [-0.15, -0.1) is 0 Å². The van der Waals surface area contributed by atoms with Gasteiger partial charge < -0.3 is 22.3 Å². The maximum Gasteiger partial charge on any atom is 0 e. The average molecular weight is 1810 g/mol. The van der Waals surface area contributed by atoms with E-state index in [1.54, 1.807) is 84.1 Å². The topological polar surface area (TPSA) is 0 Å². The van der Waals surface area contributed by atoms with Crippen LogP contribution < -0.4 is 3.58 Å². The van der Waals surface area contributed by atoms with E-state index < -0.39 is 42.3 Å². The molecule has 8 aliphatic carbocycles. The fourth-order valence-corrected chi connectivity index (χ4v) is 37.2. The Morgan fingerprint density at radius 2 is 1.26 bits per heavy atom. The molecular formula is C62H62S6Sm3Sn3-6. The zero-order valence-corrected chi connectivity index (χ0v) is 65.9. The molecule has 382 valence electrons. The number of rotatable bonds is 3. The maximum atomic E-state index is 4.08. The van der Waals surface area contributed by atoms with Crippen molar-refractivity contribution in [3.63, 3.8) is 0 Å². The van der Waals surface area contributed by atoms with Crippen molar-refractivity contribution in [2.45, 2.75) is 110 Å². The Kier molecular flexibility index (Phi) is 19.9. The molecule has 5 aliphatic heterocycles. The van der Waals surface area contributed by atoms with E-state index in [2.05, 4.69) is 120 Å². The number of aryl methyl sites for hydroxylation is 4. The zero-order chi connectivity index (χ0) is 45.9. The van der Waals surface area contributed by atoms with Gasteiger partial charge in [-0.3, -0.25) is 0 Å². The maximum absolute atomic E-state index is 4.08. The van der Waals surface area contributed by atoms with Gasteiger partial charge in [0.1, 0.15) is 0 Å². The van der Waals surface area contributed by atoms with Gasteiger partial charge in [0, 0.05) is 121 Å². The first kappa shape index (κ1) is 62.4. The second kappa shape index (κ2) is 23.6. The summed E-state index contributed by atoms with van der Waals surface area (Å²) in [6, 6.07) is 13.3. The normalized spacial score (nSPS) is 28.3. The van der Waals surface area contributed by atoms with E-state index in [4.69, 9.17) is 0 Å². The van der Waals surface area contributed by atoms with Gasteiger partial charge >= 0.3 is 460 Å². The van der Waals surface area contributed by atoms with E-state index in [0.717, 1.165) is 34.8 Å². The number of allylic oxidation sites excluding steroid dienone is 13. The molecular weight excluding hydrogens is 1740 g/mol. The monoisotopic (exact) mass is 1810 g/mol. The van der Waals surface area contributed by atoms with Crippen LogP contribution in [0.25, 0.3) is 32.3 Å². The van der Waals surface area contributed by atoms with Gasteiger partial charge in [0.25, 0.3) is 0 Å². The van der Waals surface area contributed by atoms with Gasteiger partial charge in [-0.25, -0.2) is 0 Å². The van der Waals surface area contributed by atoms with Crippen molar-refractivity contribution in [3.8, 4) is 0 Å². The molecule has 8 unspecified atom stereocenters. The summed E-state index contributed by atoms with van der Waals surface area (Å²) in [4.78, 5) is 16.0. The van der Waals surface area contributed by atoms with Crippen LogP contribution in [0.15, 0.2) is 107 Å². The van der Waals surface area contributed by atoms with E-state index in [1.807, 2.05) is 42.5 Å². The summed E-state index contributed by atoms with van der Waals surface area (Å²) < 4.78 is 4.95. The molecule has 74 heavy (non-hydrogen) atoms. The van der Waals surface area contributed by atoms with E-state index in [9.17, 15) is 0 Å². The summed E-state index contributed by atoms with van der Waals surface area (Å²) in [5.41, 5.74) is 25.3. The molecule has 0 saturated heterocycles. The molecule has 0 aromatic heterocycles. The Hall–Kier alpha value is 3.83. The summed E-state index contributed by atoms with van der Waals surface area (Å²) in [5.74, 6) is 6.61. The minimum absolute atomic E-state index is 0. The SMILES string of the molecule is [CH3-].[CH3-].[CH3-].[CH3][Sn][C]1=[C-]C2CCC3=C(C)C(C)=C4CCC1=C4C32.[CH3][Sn][C]1=[C-]C2CS3=C4C5=C(C3)C(C)=C(C)C3SS6=C(C(=C1S6)C42)C53.[CH3][Sn][c]1[c-]cc2c3c4c(c5cc(C)c(C)cc5c5c4c(c2c1)SS5)CC3.[Sm].[Sm].[Sm]. The van der Waals surface area contributed by atoms with Gasteiger partial charge in [0.15, 0.2) is 0 Å². The van der Waals surface area contributed by atoms with Crippen molar-refractivity contribution in [3.05, 3.63) is 160 Å². The second-order valence-electron chi connectivity index (χ2n) is 21.1. The van der Waals surface area contributed by atoms with Gasteiger partial charge in [0.05, 0.1) is 0 Å². The van der Waals surface area contributed by atoms with Crippen LogP contribution in [0.1, 0.15) is 75.6 Å². The molecule has 0 N–H and O–H groups in total. The third-order valence-corrected chi connectivity index (χ3v) is 38.6. The summed E-state index contributed by atoms with van der Waals surface area (Å²) in [6.07, 6.45) is 15.7. The second-order valence-corrected chi connectivity index (χ2v) is 39.9. The molecule has 2 fully saturated rings. The summed E-state index contributed by atoms with van der Waals surface area (Å²) in [7, 11) is 9.51. The Bertz CT molecular complexity index is 3580. The number of hydrogen-bond acceptors (Lipinski definition) is 4. The van der Waals surface area contributed by atoms with Crippen molar-refractivity contribution in [1.29, 1.82) is 0 Å². The van der Waals surface area contributed by atoms with Crippen LogP contribution in [-0.4, -0.2) is 89.9 Å². The van der Waals surface area contributed by atoms with Crippen LogP contribution in [0.4, 0.5) is 0 Å². The minimum Gasteiger partial charge on any atom is 0 e. The first-order valence-electron chi connectivity index (χ1n) is 24.9. The van der Waals surface area contributed by atoms with Crippen molar-refractivity contribution < 1.29 is 121 Å². The Morgan fingerprint density at radius 1 is 0.595 bits per heavy atom. The summed E-state index contributed by atoms with van der Waals surface area (Å²) >= 11 is -1.18. The van der Waals surface area contributed by atoms with Crippen molar-refractivity contribution >= 4 is 171 Å². The van der Waals surface area contributed by atoms with Crippen LogP contribution >= 0.6 is 62.2 Å². The molecule has 2 saturated carbocycles. The number of fused-ring (bicyclic) bond motifs is 6. The summed E-state index contributed by atoms with van der Waals surface area (Å²) in [6.45, 7) is 14.1. The smallest absolute Gasteiger partial charge is 0 e. The average Bonchev–Trinajstić information content (AvgIpc) is 4.21. The Labute approximate surface area is 592 Å². The fraction of sp³-hybridized carbons (Fsp3) is 0.371. The quantitative estimate of drug-likeness (QED) is 0.0659. The Balaban J connectivity index is 0.000000133. The van der Waals surface area contributed by atoms with E-state index >= 15 is 0 Å². The van der Waals surface area contributed by atoms with Gasteiger partial charge in [-0.1, -0.05) is 0 Å². The largest absolute Gasteiger partial charge is 0 e.